The van der Waals surface area contributed by atoms with Crippen molar-refractivity contribution in [3.05, 3.63) is 27.6 Å². The molecule has 2 aliphatic rings. The molecule has 11 heteroatoms. The lowest BCUT2D eigenvalue weighted by molar-refractivity contribution is -0.129. The molecule has 2 aromatic rings. The summed E-state index contributed by atoms with van der Waals surface area (Å²) in [6.45, 7) is 6.13. The first-order valence-corrected chi connectivity index (χ1v) is 10.8. The van der Waals surface area contributed by atoms with Crippen molar-refractivity contribution in [2.75, 3.05) is 32.0 Å². The summed E-state index contributed by atoms with van der Waals surface area (Å²) >= 11 is 0. The molecule has 11 nitrogen and oxygen atoms in total. The molecule has 4 rings (SSSR count). The number of carbonyl (C=O) groups is 2. The molecule has 0 aromatic carbocycles. The van der Waals surface area contributed by atoms with Crippen molar-refractivity contribution in [1.82, 2.24) is 24.4 Å². The van der Waals surface area contributed by atoms with Gasteiger partial charge in [-0.2, -0.15) is 4.52 Å². The maximum atomic E-state index is 13.1. The fourth-order valence-electron chi connectivity index (χ4n) is 3.70. The molecule has 1 aliphatic heterocycles. The number of fused-ring (bicyclic) bond motifs is 1. The summed E-state index contributed by atoms with van der Waals surface area (Å²) in [5, 5.41) is 17.8. The monoisotopic (exact) mass is 444 g/mol. The molecule has 1 saturated heterocycles. The van der Waals surface area contributed by atoms with Gasteiger partial charge in [0.05, 0.1) is 18.8 Å². The van der Waals surface area contributed by atoms with Crippen LogP contribution in [0.3, 0.4) is 0 Å². The lowest BCUT2D eigenvalue weighted by Crippen LogP contribution is -2.39. The van der Waals surface area contributed by atoms with Gasteiger partial charge in [-0.1, -0.05) is 13.8 Å². The molecule has 0 atom stereocenters. The average Bonchev–Trinajstić information content (AvgIpc) is 3.50. The third kappa shape index (κ3) is 4.20. The number of nitrogens with one attached hydrogen (secondary N) is 1. The number of hydrogen-bond donors (Lipinski definition) is 3. The van der Waals surface area contributed by atoms with E-state index in [4.69, 9.17) is 10.5 Å². The second kappa shape index (κ2) is 8.65. The van der Waals surface area contributed by atoms with Crippen LogP contribution in [0.1, 0.15) is 42.6 Å². The minimum atomic E-state index is -0.762. The fraction of sp³-hybridized carbons (Fsp3) is 0.524. The highest BCUT2D eigenvalue weighted by Gasteiger charge is 2.30. The summed E-state index contributed by atoms with van der Waals surface area (Å²) in [5.41, 5.74) is 5.52. The van der Waals surface area contributed by atoms with E-state index < -0.39 is 17.3 Å². The molecule has 1 aliphatic carbocycles. The van der Waals surface area contributed by atoms with Crippen molar-refractivity contribution in [1.29, 1.82) is 0 Å². The zero-order valence-corrected chi connectivity index (χ0v) is 18.2. The maximum Gasteiger partial charge on any atom is 0.291 e. The number of aromatic nitrogens is 3. The van der Waals surface area contributed by atoms with Crippen LogP contribution in [0.5, 0.6) is 5.88 Å². The topological polar surface area (TPSA) is 144 Å². The Kier molecular flexibility index (Phi) is 5.92. The van der Waals surface area contributed by atoms with Gasteiger partial charge in [-0.05, 0) is 24.8 Å². The first-order chi connectivity index (χ1) is 15.3. The Bertz CT molecular complexity index is 1140. The summed E-state index contributed by atoms with van der Waals surface area (Å²) in [7, 11) is 0. The van der Waals surface area contributed by atoms with Crippen LogP contribution < -0.4 is 16.6 Å². The van der Waals surface area contributed by atoms with Gasteiger partial charge >= 0.3 is 0 Å². The Labute approximate surface area is 184 Å². The van der Waals surface area contributed by atoms with Gasteiger partial charge in [0.1, 0.15) is 0 Å². The number of anilines is 1. The number of rotatable bonds is 6. The van der Waals surface area contributed by atoms with E-state index in [1.165, 1.54) is 16.7 Å². The molecule has 0 radical (unpaired) electrons. The number of morpholine rings is 1. The van der Waals surface area contributed by atoms with Crippen LogP contribution in [0, 0.1) is 5.92 Å². The number of aromatic hydroxyl groups is 1. The fourth-order valence-corrected chi connectivity index (χ4v) is 3.70. The highest BCUT2D eigenvalue weighted by Crippen LogP contribution is 2.27. The second-order valence-electron chi connectivity index (χ2n) is 8.56. The summed E-state index contributed by atoms with van der Waals surface area (Å²) in [5.74, 6) is -1.19. The number of ether oxygens (including phenoxy) is 1. The third-order valence-corrected chi connectivity index (χ3v) is 5.47. The summed E-state index contributed by atoms with van der Waals surface area (Å²) < 4.78 is 7.74. The van der Waals surface area contributed by atoms with E-state index in [1.54, 1.807) is 4.90 Å². The normalized spacial score (nSPS) is 16.9. The second-order valence-corrected chi connectivity index (χ2v) is 8.56. The van der Waals surface area contributed by atoms with Crippen LogP contribution in [-0.4, -0.2) is 68.3 Å². The molecule has 0 unspecified atom stereocenters. The molecule has 1 saturated carbocycles. The molecule has 2 amide bonds. The van der Waals surface area contributed by atoms with Crippen molar-refractivity contribution in [2.24, 2.45) is 5.92 Å². The lowest BCUT2D eigenvalue weighted by atomic mass is 10.2. The van der Waals surface area contributed by atoms with Crippen LogP contribution in [0.2, 0.25) is 0 Å². The van der Waals surface area contributed by atoms with Crippen molar-refractivity contribution < 1.29 is 19.4 Å². The van der Waals surface area contributed by atoms with Gasteiger partial charge in [0.15, 0.2) is 17.0 Å². The van der Waals surface area contributed by atoms with E-state index in [1.807, 2.05) is 13.8 Å². The van der Waals surface area contributed by atoms with Crippen LogP contribution >= 0.6 is 0 Å². The van der Waals surface area contributed by atoms with E-state index in [2.05, 4.69) is 10.4 Å². The van der Waals surface area contributed by atoms with Gasteiger partial charge in [-0.15, -0.1) is 5.10 Å². The smallest absolute Gasteiger partial charge is 0.291 e. The van der Waals surface area contributed by atoms with E-state index in [0.717, 1.165) is 17.4 Å². The Balaban J connectivity index is 1.81. The largest absolute Gasteiger partial charge is 0.494 e. The molecule has 2 fully saturated rings. The lowest BCUT2D eigenvalue weighted by Gasteiger charge is -2.25. The van der Waals surface area contributed by atoms with Crippen LogP contribution in [0.4, 0.5) is 5.82 Å². The first kappa shape index (κ1) is 21.9. The molecule has 2 aromatic heterocycles. The summed E-state index contributed by atoms with van der Waals surface area (Å²) in [6, 6.07) is 0.0166. The number of carbonyl (C=O) groups excluding carboxylic acids is 2. The molecular weight excluding hydrogens is 416 g/mol. The number of hydrogen-bond acceptors (Lipinski definition) is 7. The summed E-state index contributed by atoms with van der Waals surface area (Å²) in [4.78, 5) is 39.9. The van der Waals surface area contributed by atoms with Gasteiger partial charge in [0.2, 0.25) is 11.8 Å². The van der Waals surface area contributed by atoms with Gasteiger partial charge < -0.3 is 25.8 Å². The van der Waals surface area contributed by atoms with E-state index in [-0.39, 0.29) is 34.9 Å². The van der Waals surface area contributed by atoms with E-state index in [9.17, 15) is 19.5 Å². The minimum absolute atomic E-state index is 0.0166. The zero-order valence-electron chi connectivity index (χ0n) is 18.2. The Hall–Kier alpha value is -3.34. The number of nitrogens with zero attached hydrogens (tertiary/aromatic N) is 4. The Morgan fingerprint density at radius 3 is 2.62 bits per heavy atom. The predicted octanol–water partition coefficient (Wildman–Crippen LogP) is 0.204. The molecule has 4 N–H and O–H groups in total. The number of nitrogen functional groups attached to an aromatic ring is 1. The van der Waals surface area contributed by atoms with E-state index >= 15 is 0 Å². The SMILES string of the molecule is CC(C)Cn1c(O)c(C(=O)NC2CC2)c(=O)n2nc(N)c(C=CC(=O)N3CCOCC3)c12. The van der Waals surface area contributed by atoms with Crippen LogP contribution in [0.15, 0.2) is 10.9 Å². The predicted molar refractivity (Wildman–Crippen MR) is 117 cm³/mol. The minimum Gasteiger partial charge on any atom is -0.494 e. The molecular formula is C21H28N6O5. The van der Waals surface area contributed by atoms with E-state index in [0.29, 0.717) is 38.4 Å². The first-order valence-electron chi connectivity index (χ1n) is 10.8. The van der Waals surface area contributed by atoms with Gasteiger partial charge in [-0.3, -0.25) is 19.0 Å². The number of nitrogens with two attached hydrogens (primary N) is 1. The Morgan fingerprint density at radius 2 is 2.00 bits per heavy atom. The molecule has 3 heterocycles. The zero-order chi connectivity index (χ0) is 23.0. The van der Waals surface area contributed by atoms with Gasteiger partial charge in [-0.25, -0.2) is 0 Å². The highest BCUT2D eigenvalue weighted by molar-refractivity contribution is 5.97. The van der Waals surface area contributed by atoms with Crippen LogP contribution in [0.25, 0.3) is 11.7 Å². The Morgan fingerprint density at radius 1 is 1.31 bits per heavy atom. The highest BCUT2D eigenvalue weighted by atomic mass is 16.5. The van der Waals surface area contributed by atoms with Crippen molar-refractivity contribution in [3.8, 4) is 5.88 Å². The van der Waals surface area contributed by atoms with Crippen molar-refractivity contribution in [2.45, 2.75) is 39.3 Å². The molecule has 32 heavy (non-hydrogen) atoms. The maximum absolute atomic E-state index is 13.1. The van der Waals surface area contributed by atoms with Gasteiger partial charge in [0.25, 0.3) is 11.5 Å². The molecule has 0 spiro atoms. The average molecular weight is 444 g/mol. The van der Waals surface area contributed by atoms with Gasteiger partial charge in [0, 0.05) is 31.8 Å². The van der Waals surface area contributed by atoms with Crippen molar-refractivity contribution in [3.63, 3.8) is 0 Å². The summed E-state index contributed by atoms with van der Waals surface area (Å²) in [6.07, 6.45) is 4.55. The van der Waals surface area contributed by atoms with Crippen LogP contribution in [-0.2, 0) is 16.1 Å². The number of amides is 2. The van der Waals surface area contributed by atoms with Crippen molar-refractivity contribution >= 4 is 29.4 Å². The standard InChI is InChI=1S/C21H28N6O5/c1-12(2)11-26-19-14(5-6-15(28)25-7-9-32-10-8-25)17(22)24-27(19)21(31)16(20(26)30)18(29)23-13-3-4-13/h5-6,12-13,30H,3-4,7-11H2,1-2H3,(H2,22,24)(H,23,29). The quantitative estimate of drug-likeness (QED) is 0.540. The molecule has 172 valence electrons. The molecule has 0 bridgehead atoms. The third-order valence-electron chi connectivity index (χ3n) is 5.47.